The van der Waals surface area contributed by atoms with Gasteiger partial charge in [0.15, 0.2) is 0 Å². The third-order valence-corrected chi connectivity index (χ3v) is 5.24. The van der Waals surface area contributed by atoms with Gasteiger partial charge in [-0.15, -0.1) is 0 Å². The van der Waals surface area contributed by atoms with E-state index in [1.165, 1.54) is 0 Å². The van der Waals surface area contributed by atoms with Crippen LogP contribution in [0.3, 0.4) is 0 Å². The minimum atomic E-state index is 0.00465. The first-order valence-electron chi connectivity index (χ1n) is 7.01. The third kappa shape index (κ3) is 2.54. The second-order valence-electron chi connectivity index (χ2n) is 5.25. The molecular formula is C15H18N2O2S. The highest BCUT2D eigenvalue weighted by Gasteiger charge is 2.25. The molecule has 1 unspecified atom stereocenters. The Hall–Kier alpha value is -1.49. The molecule has 1 fully saturated rings. The Balaban J connectivity index is 1.77. The van der Waals surface area contributed by atoms with E-state index in [0.717, 1.165) is 36.5 Å². The number of carbonyl (C=O) groups is 2. The molecule has 0 bridgehead atoms. The first-order valence-corrected chi connectivity index (χ1v) is 8.06. The average Bonchev–Trinajstić information content (AvgIpc) is 2.85. The average molecular weight is 290 g/mol. The number of hydrogen-bond donors (Lipinski definition) is 1. The zero-order chi connectivity index (χ0) is 14.1. The molecule has 0 radical (unpaired) electrons. The van der Waals surface area contributed by atoms with Crippen LogP contribution in [-0.2, 0) is 11.2 Å². The lowest BCUT2D eigenvalue weighted by Crippen LogP contribution is -2.41. The molecule has 2 aliphatic rings. The molecule has 1 N–H and O–H groups in total. The van der Waals surface area contributed by atoms with Crippen molar-refractivity contribution in [3.8, 4) is 0 Å². The molecule has 2 heterocycles. The summed E-state index contributed by atoms with van der Waals surface area (Å²) >= 11 is 1.95. The highest BCUT2D eigenvalue weighted by atomic mass is 32.2. The number of hydrogen-bond acceptors (Lipinski definition) is 3. The number of benzene rings is 1. The molecule has 2 aliphatic heterocycles. The molecule has 4 nitrogen and oxygen atoms in total. The maximum absolute atomic E-state index is 12.5. The standard InChI is InChI=1S/C15H18N2O2S/c1-2-12-9-17(5-6-20-12)15(19)11-4-3-10-8-14(18)16-13(10)7-11/h3-4,7,12H,2,5-6,8-9H2,1H3,(H,16,18). The van der Waals surface area contributed by atoms with E-state index in [2.05, 4.69) is 12.2 Å². The summed E-state index contributed by atoms with van der Waals surface area (Å²) in [6.45, 7) is 3.80. The number of nitrogens with one attached hydrogen (secondary N) is 1. The fraction of sp³-hybridized carbons (Fsp3) is 0.467. The fourth-order valence-electron chi connectivity index (χ4n) is 2.68. The molecule has 1 aromatic carbocycles. The van der Waals surface area contributed by atoms with Crippen molar-refractivity contribution >= 4 is 29.3 Å². The number of amides is 2. The van der Waals surface area contributed by atoms with Crippen LogP contribution < -0.4 is 5.32 Å². The molecule has 0 spiro atoms. The third-order valence-electron chi connectivity index (χ3n) is 3.86. The first kappa shape index (κ1) is 13.5. The molecule has 0 aromatic heterocycles. The zero-order valence-corrected chi connectivity index (χ0v) is 12.3. The lowest BCUT2D eigenvalue weighted by molar-refractivity contribution is -0.115. The van der Waals surface area contributed by atoms with Crippen LogP contribution in [0.15, 0.2) is 18.2 Å². The van der Waals surface area contributed by atoms with Crippen molar-refractivity contribution in [1.82, 2.24) is 4.90 Å². The molecule has 5 heteroatoms. The molecule has 3 rings (SSSR count). The number of carbonyl (C=O) groups excluding carboxylic acids is 2. The van der Waals surface area contributed by atoms with Crippen LogP contribution in [0, 0.1) is 0 Å². The van der Waals surface area contributed by atoms with E-state index in [9.17, 15) is 9.59 Å². The van der Waals surface area contributed by atoms with Gasteiger partial charge in [0.2, 0.25) is 5.91 Å². The summed E-state index contributed by atoms with van der Waals surface area (Å²) in [7, 11) is 0. The Bertz CT molecular complexity index is 559. The van der Waals surface area contributed by atoms with Crippen LogP contribution in [-0.4, -0.2) is 40.8 Å². The van der Waals surface area contributed by atoms with E-state index in [0.29, 0.717) is 17.2 Å². The van der Waals surface area contributed by atoms with Crippen molar-refractivity contribution in [3.05, 3.63) is 29.3 Å². The Morgan fingerprint density at radius 2 is 2.35 bits per heavy atom. The number of fused-ring (bicyclic) bond motifs is 1. The molecule has 106 valence electrons. The minimum Gasteiger partial charge on any atom is -0.337 e. The van der Waals surface area contributed by atoms with Gasteiger partial charge in [0.05, 0.1) is 6.42 Å². The monoisotopic (exact) mass is 290 g/mol. The first-order chi connectivity index (χ1) is 9.67. The minimum absolute atomic E-state index is 0.00465. The fourth-order valence-corrected chi connectivity index (χ4v) is 3.86. The van der Waals surface area contributed by atoms with Gasteiger partial charge in [0.25, 0.3) is 5.91 Å². The molecule has 1 saturated heterocycles. The zero-order valence-electron chi connectivity index (χ0n) is 11.5. The van der Waals surface area contributed by atoms with E-state index < -0.39 is 0 Å². The highest BCUT2D eigenvalue weighted by Crippen LogP contribution is 2.26. The van der Waals surface area contributed by atoms with Crippen LogP contribution in [0.1, 0.15) is 29.3 Å². The lowest BCUT2D eigenvalue weighted by atomic mass is 10.1. The number of anilines is 1. The van der Waals surface area contributed by atoms with E-state index in [-0.39, 0.29) is 11.8 Å². The van der Waals surface area contributed by atoms with Crippen molar-refractivity contribution in [1.29, 1.82) is 0 Å². The summed E-state index contributed by atoms with van der Waals surface area (Å²) < 4.78 is 0. The largest absolute Gasteiger partial charge is 0.337 e. The van der Waals surface area contributed by atoms with Gasteiger partial charge in [0, 0.05) is 35.3 Å². The van der Waals surface area contributed by atoms with Gasteiger partial charge in [-0.2, -0.15) is 11.8 Å². The van der Waals surface area contributed by atoms with Crippen LogP contribution >= 0.6 is 11.8 Å². The van der Waals surface area contributed by atoms with Crippen molar-refractivity contribution in [3.63, 3.8) is 0 Å². The van der Waals surface area contributed by atoms with Crippen LogP contribution in [0.5, 0.6) is 0 Å². The van der Waals surface area contributed by atoms with Crippen LogP contribution in [0.25, 0.3) is 0 Å². The number of nitrogens with zero attached hydrogens (tertiary/aromatic N) is 1. The Kier molecular flexibility index (Phi) is 3.70. The highest BCUT2D eigenvalue weighted by molar-refractivity contribution is 8.00. The van der Waals surface area contributed by atoms with Crippen molar-refractivity contribution in [2.24, 2.45) is 0 Å². The maximum atomic E-state index is 12.5. The van der Waals surface area contributed by atoms with Crippen molar-refractivity contribution in [2.45, 2.75) is 25.0 Å². The Morgan fingerprint density at radius 3 is 3.15 bits per heavy atom. The molecular weight excluding hydrogens is 272 g/mol. The Morgan fingerprint density at radius 1 is 1.50 bits per heavy atom. The Labute approximate surface area is 122 Å². The molecule has 1 atom stereocenters. The SMILES string of the molecule is CCC1CN(C(=O)c2ccc3c(c2)NC(=O)C3)CCS1. The second kappa shape index (κ2) is 5.48. The van der Waals surface area contributed by atoms with Gasteiger partial charge < -0.3 is 10.2 Å². The van der Waals surface area contributed by atoms with Crippen LogP contribution in [0.2, 0.25) is 0 Å². The van der Waals surface area contributed by atoms with E-state index in [1.807, 2.05) is 34.9 Å². The summed E-state index contributed by atoms with van der Waals surface area (Å²) in [5, 5.41) is 3.35. The van der Waals surface area contributed by atoms with Gasteiger partial charge in [-0.25, -0.2) is 0 Å². The summed E-state index contributed by atoms with van der Waals surface area (Å²) in [5.74, 6) is 1.09. The van der Waals surface area contributed by atoms with E-state index >= 15 is 0 Å². The van der Waals surface area contributed by atoms with Gasteiger partial charge in [0.1, 0.15) is 0 Å². The van der Waals surface area contributed by atoms with E-state index in [4.69, 9.17) is 0 Å². The second-order valence-corrected chi connectivity index (χ2v) is 6.66. The predicted molar refractivity (Wildman–Crippen MR) is 81.2 cm³/mol. The smallest absolute Gasteiger partial charge is 0.253 e. The van der Waals surface area contributed by atoms with Gasteiger partial charge >= 0.3 is 0 Å². The maximum Gasteiger partial charge on any atom is 0.253 e. The summed E-state index contributed by atoms with van der Waals surface area (Å²) in [5.41, 5.74) is 2.44. The van der Waals surface area contributed by atoms with Gasteiger partial charge in [-0.1, -0.05) is 13.0 Å². The number of rotatable bonds is 2. The van der Waals surface area contributed by atoms with Gasteiger partial charge in [-0.05, 0) is 24.1 Å². The van der Waals surface area contributed by atoms with Crippen molar-refractivity contribution < 1.29 is 9.59 Å². The summed E-state index contributed by atoms with van der Waals surface area (Å²) in [4.78, 5) is 25.8. The van der Waals surface area contributed by atoms with Crippen molar-refractivity contribution in [2.75, 3.05) is 24.2 Å². The number of thioether (sulfide) groups is 1. The summed E-state index contributed by atoms with van der Waals surface area (Å²) in [6, 6.07) is 5.53. The lowest BCUT2D eigenvalue weighted by Gasteiger charge is -2.32. The van der Waals surface area contributed by atoms with E-state index in [1.54, 1.807) is 0 Å². The predicted octanol–water partition coefficient (Wildman–Crippen LogP) is 2.15. The molecule has 2 amide bonds. The molecule has 0 saturated carbocycles. The quantitative estimate of drug-likeness (QED) is 0.908. The molecule has 0 aliphatic carbocycles. The topological polar surface area (TPSA) is 49.4 Å². The molecule has 20 heavy (non-hydrogen) atoms. The normalized spacial score (nSPS) is 21.6. The van der Waals surface area contributed by atoms with Gasteiger partial charge in [-0.3, -0.25) is 9.59 Å². The summed E-state index contributed by atoms with van der Waals surface area (Å²) in [6.07, 6.45) is 1.51. The van der Waals surface area contributed by atoms with Crippen LogP contribution in [0.4, 0.5) is 5.69 Å². The molecule has 1 aromatic rings.